The summed E-state index contributed by atoms with van der Waals surface area (Å²) in [5, 5.41) is 13.0. The van der Waals surface area contributed by atoms with Crippen molar-refractivity contribution in [2.75, 3.05) is 18.5 Å². The summed E-state index contributed by atoms with van der Waals surface area (Å²) >= 11 is 0. The number of anilines is 1. The molecule has 2 aromatic rings. The molecule has 1 aliphatic heterocycles. The van der Waals surface area contributed by atoms with Crippen LogP contribution in [0.25, 0.3) is 11.1 Å². The summed E-state index contributed by atoms with van der Waals surface area (Å²) in [6.07, 6.45) is 0.750. The average molecular weight is 470 g/mol. The van der Waals surface area contributed by atoms with Crippen LogP contribution in [0.5, 0.6) is 5.75 Å². The van der Waals surface area contributed by atoms with Crippen LogP contribution in [-0.4, -0.2) is 36.0 Å². The van der Waals surface area contributed by atoms with Crippen LogP contribution >= 0.6 is 0 Å². The fraction of sp³-hybridized carbons (Fsp3) is 0.481. The van der Waals surface area contributed by atoms with Crippen molar-refractivity contribution in [2.45, 2.75) is 72.5 Å². The summed E-state index contributed by atoms with van der Waals surface area (Å²) in [5.74, 6) is -0.228. The van der Waals surface area contributed by atoms with E-state index in [0.717, 1.165) is 40.8 Å². The van der Waals surface area contributed by atoms with Crippen LogP contribution in [-0.2, 0) is 20.7 Å². The molecule has 7 heteroatoms. The summed E-state index contributed by atoms with van der Waals surface area (Å²) in [6.45, 7) is 12.1. The molecular formula is C27H35NO6. The molecule has 7 nitrogen and oxygen atoms in total. The minimum absolute atomic E-state index is 0.302. The van der Waals surface area contributed by atoms with E-state index in [0.29, 0.717) is 36.4 Å². The molecule has 184 valence electrons. The Balaban J connectivity index is 2.20. The molecule has 0 spiro atoms. The molecule has 0 bridgehead atoms. The zero-order valence-electron chi connectivity index (χ0n) is 20.9. The molecule has 34 heavy (non-hydrogen) atoms. The van der Waals surface area contributed by atoms with E-state index >= 15 is 0 Å². The van der Waals surface area contributed by atoms with Crippen molar-refractivity contribution >= 4 is 17.7 Å². The van der Waals surface area contributed by atoms with Crippen LogP contribution in [0.4, 0.5) is 10.5 Å². The van der Waals surface area contributed by atoms with Gasteiger partial charge in [0.15, 0.2) is 6.10 Å². The highest BCUT2D eigenvalue weighted by atomic mass is 16.5. The number of fused-ring (bicyclic) bond motifs is 1. The molecule has 0 aliphatic carbocycles. The van der Waals surface area contributed by atoms with Gasteiger partial charge in [0.2, 0.25) is 0 Å². The van der Waals surface area contributed by atoms with Gasteiger partial charge in [-0.05, 0) is 99.9 Å². The number of carboxylic acids is 1. The van der Waals surface area contributed by atoms with E-state index in [-0.39, 0.29) is 0 Å². The molecule has 3 rings (SSSR count). The first kappa shape index (κ1) is 25.6. The number of amides is 1. The van der Waals surface area contributed by atoms with Crippen LogP contribution < -0.4 is 10.1 Å². The number of carbonyl (C=O) groups is 2. The predicted molar refractivity (Wildman–Crippen MR) is 132 cm³/mol. The lowest BCUT2D eigenvalue weighted by atomic mass is 9.86. The maximum atomic E-state index is 12.5. The topological polar surface area (TPSA) is 94.1 Å². The number of aryl methyl sites for hydroxylation is 2. The van der Waals surface area contributed by atoms with Gasteiger partial charge in [-0.2, -0.15) is 0 Å². The van der Waals surface area contributed by atoms with E-state index in [1.165, 1.54) is 0 Å². The van der Waals surface area contributed by atoms with E-state index in [1.54, 1.807) is 6.92 Å². The zero-order chi connectivity index (χ0) is 25.0. The lowest BCUT2D eigenvalue weighted by molar-refractivity contribution is -0.160. The minimum atomic E-state index is -1.23. The second-order valence-electron chi connectivity index (χ2n) is 9.64. The Labute approximate surface area is 201 Å². The molecule has 0 saturated heterocycles. The standard InChI is InChI=1S/C27H35NO6/c1-7-12-33-26(31)28-20-14-16(2)22(19-10-11-21-18(15-19)9-8-13-32-21)23(17(20)3)24(25(29)30)34-27(4,5)6/h10-11,14-15,24H,7-9,12-13H2,1-6H3,(H,28,31)(H,29,30). The normalized spacial score (nSPS) is 14.1. The van der Waals surface area contributed by atoms with Gasteiger partial charge in [0.05, 0.1) is 18.8 Å². The molecule has 0 fully saturated rings. The predicted octanol–water partition coefficient (Wildman–Crippen LogP) is 6.19. The quantitative estimate of drug-likeness (QED) is 0.502. The minimum Gasteiger partial charge on any atom is -0.493 e. The summed E-state index contributed by atoms with van der Waals surface area (Å²) in [5.41, 5.74) is 4.55. The maximum absolute atomic E-state index is 12.5. The van der Waals surface area contributed by atoms with E-state index in [2.05, 4.69) is 11.4 Å². The Morgan fingerprint density at radius 1 is 1.21 bits per heavy atom. The fourth-order valence-electron chi connectivity index (χ4n) is 4.23. The van der Waals surface area contributed by atoms with Gasteiger partial charge in [-0.25, -0.2) is 9.59 Å². The van der Waals surface area contributed by atoms with Gasteiger partial charge in [0, 0.05) is 11.3 Å². The van der Waals surface area contributed by atoms with Crippen LogP contribution in [0.15, 0.2) is 24.3 Å². The molecular weight excluding hydrogens is 434 g/mol. The summed E-state index contributed by atoms with van der Waals surface area (Å²) in [6, 6.07) is 7.82. The van der Waals surface area contributed by atoms with Crippen molar-refractivity contribution < 1.29 is 28.9 Å². The van der Waals surface area contributed by atoms with Crippen molar-refractivity contribution in [3.63, 3.8) is 0 Å². The number of hydrogen-bond donors (Lipinski definition) is 2. The first-order valence-corrected chi connectivity index (χ1v) is 11.8. The highest BCUT2D eigenvalue weighted by Crippen LogP contribution is 2.42. The molecule has 1 amide bonds. The SMILES string of the molecule is CCCOC(=O)Nc1cc(C)c(-c2ccc3c(c2)CCCO3)c(C(OC(C)(C)C)C(=O)O)c1C. The number of rotatable bonds is 7. The number of aliphatic carboxylic acids is 1. The smallest absolute Gasteiger partial charge is 0.411 e. The summed E-state index contributed by atoms with van der Waals surface area (Å²) in [7, 11) is 0. The number of carboxylic acid groups (broad SMARTS) is 1. The van der Waals surface area contributed by atoms with Crippen LogP contribution in [0, 0.1) is 13.8 Å². The van der Waals surface area contributed by atoms with Crippen molar-refractivity contribution in [1.82, 2.24) is 0 Å². The third-order valence-corrected chi connectivity index (χ3v) is 5.66. The number of hydrogen-bond acceptors (Lipinski definition) is 5. The third-order valence-electron chi connectivity index (χ3n) is 5.66. The molecule has 2 aromatic carbocycles. The Hall–Kier alpha value is -3.06. The fourth-order valence-corrected chi connectivity index (χ4v) is 4.23. The number of benzene rings is 2. The Kier molecular flexibility index (Phi) is 7.87. The summed E-state index contributed by atoms with van der Waals surface area (Å²) in [4.78, 5) is 24.8. The van der Waals surface area contributed by atoms with Gasteiger partial charge in [0.1, 0.15) is 5.75 Å². The highest BCUT2D eigenvalue weighted by molar-refractivity contribution is 5.90. The number of nitrogens with one attached hydrogen (secondary N) is 1. The van der Waals surface area contributed by atoms with Crippen molar-refractivity contribution in [2.24, 2.45) is 0 Å². The van der Waals surface area contributed by atoms with Gasteiger partial charge < -0.3 is 19.3 Å². The molecule has 0 aromatic heterocycles. The van der Waals surface area contributed by atoms with E-state index in [4.69, 9.17) is 14.2 Å². The Morgan fingerprint density at radius 2 is 1.94 bits per heavy atom. The van der Waals surface area contributed by atoms with Gasteiger partial charge in [0.25, 0.3) is 0 Å². The molecule has 2 N–H and O–H groups in total. The third kappa shape index (κ3) is 5.89. The lowest BCUT2D eigenvalue weighted by Crippen LogP contribution is -2.28. The molecule has 1 unspecified atom stereocenters. The van der Waals surface area contributed by atoms with Crippen LogP contribution in [0.2, 0.25) is 0 Å². The average Bonchev–Trinajstić information content (AvgIpc) is 2.77. The summed E-state index contributed by atoms with van der Waals surface area (Å²) < 4.78 is 17.0. The Bertz CT molecular complexity index is 1070. The zero-order valence-corrected chi connectivity index (χ0v) is 20.9. The van der Waals surface area contributed by atoms with Crippen molar-refractivity contribution in [3.8, 4) is 16.9 Å². The van der Waals surface area contributed by atoms with Gasteiger partial charge in [-0.1, -0.05) is 13.0 Å². The maximum Gasteiger partial charge on any atom is 0.411 e. The van der Waals surface area contributed by atoms with Crippen LogP contribution in [0.3, 0.4) is 0 Å². The molecule has 1 atom stereocenters. The molecule has 1 heterocycles. The van der Waals surface area contributed by atoms with Gasteiger partial charge in [-0.3, -0.25) is 5.32 Å². The lowest BCUT2D eigenvalue weighted by Gasteiger charge is -2.30. The molecule has 1 aliphatic rings. The molecule has 0 radical (unpaired) electrons. The van der Waals surface area contributed by atoms with Crippen molar-refractivity contribution in [3.05, 3.63) is 46.5 Å². The van der Waals surface area contributed by atoms with E-state index in [1.807, 2.05) is 52.8 Å². The Morgan fingerprint density at radius 3 is 2.59 bits per heavy atom. The van der Waals surface area contributed by atoms with Gasteiger partial charge in [-0.15, -0.1) is 0 Å². The number of ether oxygens (including phenoxy) is 3. The monoisotopic (exact) mass is 469 g/mol. The van der Waals surface area contributed by atoms with Crippen molar-refractivity contribution in [1.29, 1.82) is 0 Å². The second kappa shape index (κ2) is 10.5. The van der Waals surface area contributed by atoms with E-state index in [9.17, 15) is 14.7 Å². The largest absolute Gasteiger partial charge is 0.493 e. The van der Waals surface area contributed by atoms with Crippen LogP contribution in [0.1, 0.15) is 68.9 Å². The highest BCUT2D eigenvalue weighted by Gasteiger charge is 2.32. The van der Waals surface area contributed by atoms with E-state index < -0.39 is 23.8 Å². The van der Waals surface area contributed by atoms with Gasteiger partial charge >= 0.3 is 12.1 Å². The number of carbonyl (C=O) groups excluding carboxylic acids is 1. The first-order chi connectivity index (χ1) is 16.0. The second-order valence-corrected chi connectivity index (χ2v) is 9.64. The first-order valence-electron chi connectivity index (χ1n) is 11.8. The molecule has 0 saturated carbocycles.